The number of fused-ring (bicyclic) bond motifs is 1. The maximum absolute atomic E-state index is 12.3. The minimum absolute atomic E-state index is 0.0398. The van der Waals surface area contributed by atoms with Crippen LogP contribution in [0.5, 0.6) is 0 Å². The van der Waals surface area contributed by atoms with Crippen LogP contribution < -0.4 is 10.6 Å². The van der Waals surface area contributed by atoms with Crippen LogP contribution in [0, 0.1) is 24.2 Å². The average molecular weight is 254 g/mol. The highest BCUT2D eigenvalue weighted by Gasteiger charge is 2.42. The van der Waals surface area contributed by atoms with Crippen molar-refractivity contribution in [2.24, 2.45) is 11.8 Å². The van der Waals surface area contributed by atoms with Gasteiger partial charge >= 0.3 is 0 Å². The number of hydrogen-bond donors (Lipinski definition) is 2. The number of benzene rings is 1. The fourth-order valence-corrected chi connectivity index (χ4v) is 3.38. The van der Waals surface area contributed by atoms with Crippen LogP contribution in [0.25, 0.3) is 0 Å². The summed E-state index contributed by atoms with van der Waals surface area (Å²) in [6.07, 6.45) is 9.05. The molecule has 1 amide bonds. The number of hydrogen-bond acceptors (Lipinski definition) is 2. The summed E-state index contributed by atoms with van der Waals surface area (Å²) in [6, 6.07) is 7.39. The summed E-state index contributed by atoms with van der Waals surface area (Å²) in [4.78, 5) is 12.3. The van der Waals surface area contributed by atoms with E-state index < -0.39 is 0 Å². The maximum atomic E-state index is 12.3. The number of carbonyl (C=O) groups is 1. The zero-order valence-electron chi connectivity index (χ0n) is 10.9. The zero-order valence-corrected chi connectivity index (χ0v) is 10.9. The number of rotatable bonds is 2. The van der Waals surface area contributed by atoms with Gasteiger partial charge in [-0.15, -0.1) is 6.42 Å². The molecule has 1 aromatic carbocycles. The molecule has 1 aromatic rings. The third-order valence-corrected chi connectivity index (χ3v) is 4.33. The van der Waals surface area contributed by atoms with Crippen molar-refractivity contribution in [2.75, 3.05) is 11.9 Å². The Balaban J connectivity index is 1.69. The van der Waals surface area contributed by atoms with Crippen LogP contribution >= 0.6 is 0 Å². The fourth-order valence-electron chi connectivity index (χ4n) is 3.38. The summed E-state index contributed by atoms with van der Waals surface area (Å²) in [5.41, 5.74) is 1.57. The molecule has 1 heterocycles. The van der Waals surface area contributed by atoms with E-state index >= 15 is 0 Å². The van der Waals surface area contributed by atoms with Crippen molar-refractivity contribution < 1.29 is 4.79 Å². The number of terminal acetylenes is 1. The summed E-state index contributed by atoms with van der Waals surface area (Å²) in [6.45, 7) is 0.979. The predicted molar refractivity (Wildman–Crippen MR) is 75.6 cm³/mol. The van der Waals surface area contributed by atoms with Gasteiger partial charge in [-0.1, -0.05) is 18.4 Å². The quantitative estimate of drug-likeness (QED) is 0.793. The molecule has 3 atom stereocenters. The first-order valence-corrected chi connectivity index (χ1v) is 6.89. The minimum atomic E-state index is -0.0398. The molecule has 98 valence electrons. The molecule has 0 radical (unpaired) electrons. The van der Waals surface area contributed by atoms with Crippen LogP contribution in [0.3, 0.4) is 0 Å². The molecule has 1 saturated carbocycles. The maximum Gasteiger partial charge on any atom is 0.241 e. The Morgan fingerprint density at radius 2 is 2.32 bits per heavy atom. The largest absolute Gasteiger partial charge is 0.325 e. The summed E-state index contributed by atoms with van der Waals surface area (Å²) in [5.74, 6) is 3.85. The van der Waals surface area contributed by atoms with Gasteiger partial charge < -0.3 is 10.6 Å². The molecule has 19 heavy (non-hydrogen) atoms. The predicted octanol–water partition coefficient (Wildman–Crippen LogP) is 1.99. The van der Waals surface area contributed by atoms with Crippen molar-refractivity contribution in [2.45, 2.75) is 25.3 Å². The molecule has 1 aliphatic heterocycles. The van der Waals surface area contributed by atoms with E-state index in [2.05, 4.69) is 16.6 Å². The van der Waals surface area contributed by atoms with E-state index in [1.165, 1.54) is 19.3 Å². The second-order valence-electron chi connectivity index (χ2n) is 5.46. The Hall–Kier alpha value is -1.79. The lowest BCUT2D eigenvalue weighted by atomic mass is 9.93. The molecular formula is C16H18N2O. The first-order valence-electron chi connectivity index (χ1n) is 6.89. The van der Waals surface area contributed by atoms with Crippen molar-refractivity contribution in [1.29, 1.82) is 0 Å². The molecule has 2 aliphatic rings. The van der Waals surface area contributed by atoms with Gasteiger partial charge in [-0.2, -0.15) is 0 Å². The molecule has 0 spiro atoms. The Bertz CT molecular complexity index is 532. The highest BCUT2D eigenvalue weighted by atomic mass is 16.2. The summed E-state index contributed by atoms with van der Waals surface area (Å²) >= 11 is 0. The van der Waals surface area contributed by atoms with E-state index in [1.807, 2.05) is 24.3 Å². The number of anilines is 1. The van der Waals surface area contributed by atoms with Gasteiger partial charge in [0.05, 0.1) is 6.04 Å². The molecule has 1 aliphatic carbocycles. The summed E-state index contributed by atoms with van der Waals surface area (Å²) in [5, 5.41) is 6.33. The van der Waals surface area contributed by atoms with Crippen LogP contribution in [0.15, 0.2) is 24.3 Å². The minimum Gasteiger partial charge on any atom is -0.325 e. The van der Waals surface area contributed by atoms with Gasteiger partial charge in [-0.3, -0.25) is 4.79 Å². The lowest BCUT2D eigenvalue weighted by molar-refractivity contribution is -0.118. The first-order chi connectivity index (χ1) is 9.28. The Morgan fingerprint density at radius 3 is 3.16 bits per heavy atom. The van der Waals surface area contributed by atoms with E-state index in [-0.39, 0.29) is 11.9 Å². The van der Waals surface area contributed by atoms with Gasteiger partial charge in [0, 0.05) is 11.3 Å². The van der Waals surface area contributed by atoms with Crippen molar-refractivity contribution in [3.8, 4) is 12.3 Å². The van der Waals surface area contributed by atoms with Crippen LogP contribution in [-0.4, -0.2) is 18.5 Å². The SMILES string of the molecule is C#Cc1cccc(NC(=O)C2NCC3CCCC32)c1. The number of carbonyl (C=O) groups excluding carboxylic acids is 1. The van der Waals surface area contributed by atoms with Gasteiger partial charge in [-0.05, 0) is 49.4 Å². The van der Waals surface area contributed by atoms with Crippen molar-refractivity contribution in [1.82, 2.24) is 5.32 Å². The lowest BCUT2D eigenvalue weighted by Crippen LogP contribution is -2.39. The standard InChI is InChI=1S/C16H18N2O/c1-2-11-5-3-7-13(9-11)18-16(19)15-14-8-4-6-12(14)10-17-15/h1,3,5,7,9,12,14-15,17H,4,6,8,10H2,(H,18,19). The van der Waals surface area contributed by atoms with E-state index in [0.717, 1.165) is 17.8 Å². The Morgan fingerprint density at radius 1 is 1.42 bits per heavy atom. The molecule has 1 saturated heterocycles. The molecule has 2 N–H and O–H groups in total. The molecule has 2 fully saturated rings. The lowest BCUT2D eigenvalue weighted by Gasteiger charge is -2.17. The van der Waals surface area contributed by atoms with Crippen molar-refractivity contribution >= 4 is 11.6 Å². The van der Waals surface area contributed by atoms with Crippen molar-refractivity contribution in [3.63, 3.8) is 0 Å². The van der Waals surface area contributed by atoms with Crippen LogP contribution in [-0.2, 0) is 4.79 Å². The smallest absolute Gasteiger partial charge is 0.241 e. The van der Waals surface area contributed by atoms with E-state index in [0.29, 0.717) is 11.8 Å². The monoisotopic (exact) mass is 254 g/mol. The fraction of sp³-hybridized carbons (Fsp3) is 0.438. The number of nitrogens with one attached hydrogen (secondary N) is 2. The van der Waals surface area contributed by atoms with Crippen LogP contribution in [0.4, 0.5) is 5.69 Å². The summed E-state index contributed by atoms with van der Waals surface area (Å²) < 4.78 is 0. The van der Waals surface area contributed by atoms with Crippen LogP contribution in [0.2, 0.25) is 0 Å². The molecule has 0 bridgehead atoms. The molecule has 3 rings (SSSR count). The number of amides is 1. The van der Waals surface area contributed by atoms with Gasteiger partial charge in [0.25, 0.3) is 0 Å². The van der Waals surface area contributed by atoms with Gasteiger partial charge in [0.15, 0.2) is 0 Å². The topological polar surface area (TPSA) is 41.1 Å². The average Bonchev–Trinajstić information content (AvgIpc) is 3.01. The van der Waals surface area contributed by atoms with E-state index in [4.69, 9.17) is 6.42 Å². The highest BCUT2D eigenvalue weighted by molar-refractivity contribution is 5.95. The van der Waals surface area contributed by atoms with Gasteiger partial charge in [-0.25, -0.2) is 0 Å². The van der Waals surface area contributed by atoms with E-state index in [9.17, 15) is 4.79 Å². The highest BCUT2D eigenvalue weighted by Crippen LogP contribution is 2.37. The second kappa shape index (κ2) is 5.07. The first kappa shape index (κ1) is 12.3. The van der Waals surface area contributed by atoms with Crippen LogP contribution in [0.1, 0.15) is 24.8 Å². The molecule has 3 heteroatoms. The Labute approximate surface area is 113 Å². The summed E-state index contributed by atoms with van der Waals surface area (Å²) in [7, 11) is 0. The Kier molecular flexibility index (Phi) is 3.27. The second-order valence-corrected chi connectivity index (χ2v) is 5.46. The molecule has 0 aromatic heterocycles. The third-order valence-electron chi connectivity index (χ3n) is 4.33. The van der Waals surface area contributed by atoms with Crippen molar-refractivity contribution in [3.05, 3.63) is 29.8 Å². The third kappa shape index (κ3) is 2.36. The van der Waals surface area contributed by atoms with E-state index in [1.54, 1.807) is 0 Å². The normalized spacial score (nSPS) is 28.7. The van der Waals surface area contributed by atoms with Gasteiger partial charge in [0.1, 0.15) is 0 Å². The zero-order chi connectivity index (χ0) is 13.2. The molecule has 3 nitrogen and oxygen atoms in total. The molecular weight excluding hydrogens is 236 g/mol. The molecule has 3 unspecified atom stereocenters. The van der Waals surface area contributed by atoms with Gasteiger partial charge in [0.2, 0.25) is 5.91 Å².